The van der Waals surface area contributed by atoms with Crippen molar-refractivity contribution in [2.45, 2.75) is 23.5 Å². The Morgan fingerprint density at radius 1 is 1.32 bits per heavy atom. The summed E-state index contributed by atoms with van der Waals surface area (Å²) >= 11 is 1.21. The number of hydrogen-bond acceptors (Lipinski definition) is 5. The van der Waals surface area contributed by atoms with Crippen molar-refractivity contribution >= 4 is 27.3 Å². The lowest BCUT2D eigenvalue weighted by Crippen LogP contribution is -2.45. The smallest absolute Gasteiger partial charge is 0.252 e. The Bertz CT molecular complexity index is 792. The van der Waals surface area contributed by atoms with Crippen molar-refractivity contribution in [3.8, 4) is 0 Å². The summed E-state index contributed by atoms with van der Waals surface area (Å²) in [5.74, 6) is -0.380. The predicted octanol–water partition coefficient (Wildman–Crippen LogP) is 1.90. The van der Waals surface area contributed by atoms with Gasteiger partial charge in [0.25, 0.3) is 10.0 Å². The van der Waals surface area contributed by atoms with Crippen molar-refractivity contribution in [1.29, 1.82) is 0 Å². The van der Waals surface area contributed by atoms with E-state index in [0.29, 0.717) is 36.6 Å². The van der Waals surface area contributed by atoms with Gasteiger partial charge >= 0.3 is 0 Å². The standard InChI is InChI=1S/C17H21N3O3S2/c21-17(19-10-8-15-6-1-2-9-18-15)14-5-3-11-20(13-14)25(22,23)16-7-4-12-24-16/h1-2,4,6-7,9,12,14H,3,5,8,10-11,13H2,(H,19,21)/t14-/m1/s1. The van der Waals surface area contributed by atoms with Gasteiger partial charge < -0.3 is 5.32 Å². The number of nitrogens with zero attached hydrogens (tertiary/aromatic N) is 2. The van der Waals surface area contributed by atoms with E-state index in [9.17, 15) is 13.2 Å². The molecule has 1 saturated heterocycles. The molecule has 1 atom stereocenters. The van der Waals surface area contributed by atoms with Gasteiger partial charge in [-0.2, -0.15) is 4.31 Å². The number of carbonyl (C=O) groups excluding carboxylic acids is 1. The second-order valence-corrected chi connectivity index (χ2v) is 9.11. The van der Waals surface area contributed by atoms with Gasteiger partial charge in [0.05, 0.1) is 5.92 Å². The Balaban J connectivity index is 1.55. The van der Waals surface area contributed by atoms with E-state index in [1.807, 2.05) is 18.2 Å². The van der Waals surface area contributed by atoms with E-state index in [0.717, 1.165) is 5.69 Å². The molecular weight excluding hydrogens is 358 g/mol. The fraction of sp³-hybridized carbons (Fsp3) is 0.412. The van der Waals surface area contributed by atoms with Crippen molar-refractivity contribution in [1.82, 2.24) is 14.6 Å². The lowest BCUT2D eigenvalue weighted by Gasteiger charge is -2.30. The molecule has 0 aliphatic carbocycles. The van der Waals surface area contributed by atoms with Crippen LogP contribution in [0.4, 0.5) is 0 Å². The highest BCUT2D eigenvalue weighted by Crippen LogP contribution is 2.26. The summed E-state index contributed by atoms with van der Waals surface area (Å²) in [6, 6.07) is 9.02. The molecule has 0 spiro atoms. The molecule has 0 bridgehead atoms. The number of piperidine rings is 1. The molecule has 3 rings (SSSR count). The fourth-order valence-corrected chi connectivity index (χ4v) is 5.58. The Morgan fingerprint density at radius 3 is 2.92 bits per heavy atom. The molecule has 1 aliphatic rings. The molecule has 0 unspecified atom stereocenters. The van der Waals surface area contributed by atoms with E-state index in [1.165, 1.54) is 15.6 Å². The maximum Gasteiger partial charge on any atom is 0.252 e. The van der Waals surface area contributed by atoms with Gasteiger partial charge in [0.15, 0.2) is 0 Å². The van der Waals surface area contributed by atoms with Crippen LogP contribution < -0.4 is 5.32 Å². The van der Waals surface area contributed by atoms with Gasteiger partial charge in [0.1, 0.15) is 4.21 Å². The van der Waals surface area contributed by atoms with E-state index < -0.39 is 10.0 Å². The van der Waals surface area contributed by atoms with Crippen molar-refractivity contribution < 1.29 is 13.2 Å². The first kappa shape index (κ1) is 18.0. The van der Waals surface area contributed by atoms with Gasteiger partial charge in [-0.3, -0.25) is 9.78 Å². The number of pyridine rings is 1. The van der Waals surface area contributed by atoms with E-state index in [2.05, 4.69) is 10.3 Å². The van der Waals surface area contributed by atoms with Crippen molar-refractivity contribution in [3.63, 3.8) is 0 Å². The first-order valence-electron chi connectivity index (χ1n) is 8.28. The molecular formula is C17H21N3O3S2. The molecule has 134 valence electrons. The molecule has 0 aromatic carbocycles. The number of aromatic nitrogens is 1. The number of sulfonamides is 1. The largest absolute Gasteiger partial charge is 0.355 e. The summed E-state index contributed by atoms with van der Waals surface area (Å²) in [4.78, 5) is 16.6. The average molecular weight is 380 g/mol. The zero-order valence-electron chi connectivity index (χ0n) is 13.8. The van der Waals surface area contributed by atoms with Crippen LogP contribution in [0.25, 0.3) is 0 Å². The quantitative estimate of drug-likeness (QED) is 0.831. The summed E-state index contributed by atoms with van der Waals surface area (Å²) < 4.78 is 27.0. The van der Waals surface area contributed by atoms with Gasteiger partial charge in [0, 0.05) is 37.9 Å². The van der Waals surface area contributed by atoms with Gasteiger partial charge in [-0.15, -0.1) is 11.3 Å². The molecule has 3 heterocycles. The van der Waals surface area contributed by atoms with Crippen LogP contribution in [-0.4, -0.2) is 43.2 Å². The predicted molar refractivity (Wildman–Crippen MR) is 96.8 cm³/mol. The Hall–Kier alpha value is -1.77. The van der Waals surface area contributed by atoms with Crippen LogP contribution in [0.1, 0.15) is 18.5 Å². The molecule has 1 N–H and O–H groups in total. The third-order valence-corrected chi connectivity index (χ3v) is 7.49. The summed E-state index contributed by atoms with van der Waals surface area (Å²) in [6.07, 6.45) is 3.80. The summed E-state index contributed by atoms with van der Waals surface area (Å²) in [6.45, 7) is 1.22. The van der Waals surface area contributed by atoms with Crippen LogP contribution >= 0.6 is 11.3 Å². The number of thiophene rings is 1. The van der Waals surface area contributed by atoms with Crippen LogP contribution in [0.5, 0.6) is 0 Å². The normalized spacial score (nSPS) is 18.8. The monoisotopic (exact) mass is 379 g/mol. The lowest BCUT2D eigenvalue weighted by molar-refractivity contribution is -0.126. The molecule has 1 amide bonds. The molecule has 6 nitrogen and oxygen atoms in total. The first-order chi connectivity index (χ1) is 12.1. The topological polar surface area (TPSA) is 79.4 Å². The fourth-order valence-electron chi connectivity index (χ4n) is 2.92. The molecule has 0 radical (unpaired) electrons. The van der Waals surface area contributed by atoms with Crippen LogP contribution in [0.2, 0.25) is 0 Å². The Labute approximate surface area is 151 Å². The third kappa shape index (κ3) is 4.45. The highest BCUT2D eigenvalue weighted by Gasteiger charge is 2.33. The SMILES string of the molecule is O=C(NCCc1ccccn1)[C@@H]1CCCN(S(=O)(=O)c2cccs2)C1. The van der Waals surface area contributed by atoms with Crippen LogP contribution in [0.3, 0.4) is 0 Å². The van der Waals surface area contributed by atoms with Crippen LogP contribution in [0.15, 0.2) is 46.1 Å². The van der Waals surface area contributed by atoms with Crippen LogP contribution in [0, 0.1) is 5.92 Å². The van der Waals surface area contributed by atoms with Gasteiger partial charge in [-0.25, -0.2) is 8.42 Å². The lowest BCUT2D eigenvalue weighted by atomic mass is 9.99. The molecule has 25 heavy (non-hydrogen) atoms. The van der Waals surface area contributed by atoms with Crippen molar-refractivity contribution in [3.05, 3.63) is 47.6 Å². The average Bonchev–Trinajstić information content (AvgIpc) is 3.18. The van der Waals surface area contributed by atoms with Gasteiger partial charge in [0.2, 0.25) is 5.91 Å². The summed E-state index contributed by atoms with van der Waals surface area (Å²) in [5.41, 5.74) is 0.924. The maximum atomic E-state index is 12.6. The highest BCUT2D eigenvalue weighted by atomic mass is 32.2. The summed E-state index contributed by atoms with van der Waals surface area (Å²) in [5, 5.41) is 4.66. The number of hydrogen-bond donors (Lipinski definition) is 1. The first-order valence-corrected chi connectivity index (χ1v) is 10.6. The Morgan fingerprint density at radius 2 is 2.20 bits per heavy atom. The number of nitrogens with one attached hydrogen (secondary N) is 1. The maximum absolute atomic E-state index is 12.6. The van der Waals surface area contributed by atoms with E-state index in [4.69, 9.17) is 0 Å². The number of rotatable bonds is 6. The molecule has 8 heteroatoms. The van der Waals surface area contributed by atoms with E-state index in [1.54, 1.807) is 23.7 Å². The minimum atomic E-state index is -3.49. The van der Waals surface area contributed by atoms with Crippen molar-refractivity contribution in [2.75, 3.05) is 19.6 Å². The minimum Gasteiger partial charge on any atom is -0.355 e. The second kappa shape index (κ2) is 8.07. The second-order valence-electron chi connectivity index (χ2n) is 6.00. The molecule has 2 aromatic heterocycles. The Kier molecular flexibility index (Phi) is 5.82. The zero-order chi connectivity index (χ0) is 17.7. The summed E-state index contributed by atoms with van der Waals surface area (Å²) in [7, 11) is -3.49. The van der Waals surface area contributed by atoms with Gasteiger partial charge in [-0.1, -0.05) is 12.1 Å². The molecule has 2 aromatic rings. The molecule has 0 saturated carbocycles. The van der Waals surface area contributed by atoms with Crippen molar-refractivity contribution in [2.24, 2.45) is 5.92 Å². The number of amides is 1. The number of carbonyl (C=O) groups is 1. The third-order valence-electron chi connectivity index (χ3n) is 4.25. The van der Waals surface area contributed by atoms with E-state index in [-0.39, 0.29) is 18.4 Å². The van der Waals surface area contributed by atoms with Gasteiger partial charge in [-0.05, 0) is 36.4 Å². The molecule has 1 aliphatic heterocycles. The van der Waals surface area contributed by atoms with Crippen LogP contribution in [-0.2, 0) is 21.2 Å². The zero-order valence-corrected chi connectivity index (χ0v) is 15.4. The minimum absolute atomic E-state index is 0.0815. The molecule has 1 fully saturated rings. The highest BCUT2D eigenvalue weighted by molar-refractivity contribution is 7.91. The van der Waals surface area contributed by atoms with E-state index >= 15 is 0 Å².